The maximum atomic E-state index is 5.75. The number of thioether (sulfide) groups is 1. The molecule has 5 heteroatoms. The lowest BCUT2D eigenvalue weighted by atomic mass is 10.3. The van der Waals surface area contributed by atoms with Gasteiger partial charge in [-0.15, -0.1) is 0 Å². The van der Waals surface area contributed by atoms with Gasteiger partial charge in [-0.3, -0.25) is 0 Å². The fourth-order valence-corrected chi connectivity index (χ4v) is 3.52. The predicted octanol–water partition coefficient (Wildman–Crippen LogP) is 4.78. The summed E-state index contributed by atoms with van der Waals surface area (Å²) in [5.74, 6) is 3.81. The molecule has 0 saturated carbocycles. The van der Waals surface area contributed by atoms with Gasteiger partial charge in [0.1, 0.15) is 11.5 Å². The van der Waals surface area contributed by atoms with Crippen LogP contribution in [0.5, 0.6) is 11.5 Å². The smallest absolute Gasteiger partial charge is 0.119 e. The van der Waals surface area contributed by atoms with Crippen LogP contribution in [-0.4, -0.2) is 37.1 Å². The van der Waals surface area contributed by atoms with Crippen LogP contribution in [0.1, 0.15) is 12.0 Å². The van der Waals surface area contributed by atoms with E-state index < -0.39 is 0 Å². The Morgan fingerprint density at radius 2 is 1.64 bits per heavy atom. The van der Waals surface area contributed by atoms with Crippen LogP contribution in [0, 0.1) is 0 Å². The van der Waals surface area contributed by atoms with Gasteiger partial charge < -0.3 is 19.4 Å². The Morgan fingerprint density at radius 3 is 2.43 bits per heavy atom. The molecule has 148 valence electrons. The highest BCUT2D eigenvalue weighted by Crippen LogP contribution is 2.19. The monoisotopic (exact) mass is 396 g/mol. The lowest BCUT2D eigenvalue weighted by molar-refractivity contribution is 0.310. The van der Waals surface area contributed by atoms with Crippen molar-refractivity contribution >= 4 is 11.8 Å². The number of hydrogen-bond donors (Lipinski definition) is 1. The number of para-hydroxylation sites is 1. The Hall–Kier alpha value is -2.37. The van der Waals surface area contributed by atoms with E-state index in [1.165, 1.54) is 5.56 Å². The quantitative estimate of drug-likeness (QED) is 0.447. The van der Waals surface area contributed by atoms with Gasteiger partial charge in [-0.05, 0) is 68.0 Å². The van der Waals surface area contributed by atoms with Gasteiger partial charge in [-0.2, -0.15) is 11.8 Å². The highest BCUT2D eigenvalue weighted by molar-refractivity contribution is 7.98. The molecule has 2 aromatic carbocycles. The first-order chi connectivity index (χ1) is 13.8. The van der Waals surface area contributed by atoms with Crippen molar-refractivity contribution in [1.82, 2.24) is 9.88 Å². The molecular weight excluding hydrogens is 368 g/mol. The topological polar surface area (TPSA) is 35.4 Å². The van der Waals surface area contributed by atoms with E-state index >= 15 is 0 Å². The number of ether oxygens (including phenoxy) is 2. The first kappa shape index (κ1) is 20.4. The summed E-state index contributed by atoms with van der Waals surface area (Å²) in [6, 6.07) is 20.4. The summed E-state index contributed by atoms with van der Waals surface area (Å²) < 4.78 is 13.6. The zero-order chi connectivity index (χ0) is 19.4. The minimum Gasteiger partial charge on any atom is -0.494 e. The first-order valence-electron chi connectivity index (χ1n) is 9.65. The van der Waals surface area contributed by atoms with E-state index in [0.29, 0.717) is 0 Å². The molecule has 0 atom stereocenters. The molecule has 0 fully saturated rings. The number of aromatic nitrogens is 1. The second kappa shape index (κ2) is 11.5. The third-order valence-corrected chi connectivity index (χ3v) is 5.23. The van der Waals surface area contributed by atoms with E-state index in [1.807, 2.05) is 61.3 Å². The molecule has 0 amide bonds. The summed E-state index contributed by atoms with van der Waals surface area (Å²) in [7, 11) is 1.96. The van der Waals surface area contributed by atoms with Gasteiger partial charge in [0, 0.05) is 29.6 Å². The highest BCUT2D eigenvalue weighted by atomic mass is 32.2. The van der Waals surface area contributed by atoms with E-state index in [2.05, 4.69) is 40.5 Å². The molecule has 1 N–H and O–H groups in total. The molecule has 0 saturated heterocycles. The maximum Gasteiger partial charge on any atom is 0.119 e. The number of rotatable bonds is 12. The number of nitrogens with zero attached hydrogens (tertiary/aromatic N) is 1. The molecule has 0 aliphatic carbocycles. The van der Waals surface area contributed by atoms with Crippen LogP contribution in [0.3, 0.4) is 0 Å². The standard InChI is InChI=1S/C23H28N2O2S/c1-24-13-5-15-26-23-10-8-21(9-11-23)25-14-12-20(18-25)19-28-17-16-27-22-6-3-2-4-7-22/h2-4,6-12,14,18,24H,5,13,15-17,19H2,1H3. The average molecular weight is 397 g/mol. The average Bonchev–Trinajstić information content (AvgIpc) is 3.21. The zero-order valence-electron chi connectivity index (χ0n) is 16.3. The molecule has 1 heterocycles. The van der Waals surface area contributed by atoms with Crippen molar-refractivity contribution < 1.29 is 9.47 Å². The van der Waals surface area contributed by atoms with Gasteiger partial charge in [0.25, 0.3) is 0 Å². The van der Waals surface area contributed by atoms with Crippen LogP contribution in [-0.2, 0) is 5.75 Å². The van der Waals surface area contributed by atoms with Crippen LogP contribution in [0.25, 0.3) is 5.69 Å². The molecular formula is C23H28N2O2S. The molecule has 0 aliphatic heterocycles. The summed E-state index contributed by atoms with van der Waals surface area (Å²) in [6.07, 6.45) is 5.31. The molecule has 0 radical (unpaired) electrons. The van der Waals surface area contributed by atoms with Crippen LogP contribution >= 0.6 is 11.8 Å². The number of nitrogens with one attached hydrogen (secondary N) is 1. The lowest BCUT2D eigenvalue weighted by Crippen LogP contribution is -2.11. The zero-order valence-corrected chi connectivity index (χ0v) is 17.2. The van der Waals surface area contributed by atoms with Crippen LogP contribution in [0.4, 0.5) is 0 Å². The van der Waals surface area contributed by atoms with Crippen molar-refractivity contribution in [2.24, 2.45) is 0 Å². The van der Waals surface area contributed by atoms with E-state index in [9.17, 15) is 0 Å². The van der Waals surface area contributed by atoms with Crippen LogP contribution in [0.15, 0.2) is 73.1 Å². The van der Waals surface area contributed by atoms with Gasteiger partial charge >= 0.3 is 0 Å². The molecule has 4 nitrogen and oxygen atoms in total. The van der Waals surface area contributed by atoms with Crippen molar-refractivity contribution in [1.29, 1.82) is 0 Å². The Balaban J connectivity index is 1.39. The van der Waals surface area contributed by atoms with E-state index in [0.717, 1.165) is 54.9 Å². The van der Waals surface area contributed by atoms with Gasteiger partial charge in [0.05, 0.1) is 13.2 Å². The van der Waals surface area contributed by atoms with Gasteiger partial charge in [-0.1, -0.05) is 18.2 Å². The molecule has 0 bridgehead atoms. The van der Waals surface area contributed by atoms with Crippen molar-refractivity contribution in [3.63, 3.8) is 0 Å². The van der Waals surface area contributed by atoms with E-state index in [4.69, 9.17) is 9.47 Å². The molecule has 1 aromatic heterocycles. The lowest BCUT2D eigenvalue weighted by Gasteiger charge is -2.08. The highest BCUT2D eigenvalue weighted by Gasteiger charge is 2.02. The maximum absolute atomic E-state index is 5.75. The minimum absolute atomic E-state index is 0.727. The third-order valence-electron chi connectivity index (χ3n) is 4.24. The van der Waals surface area contributed by atoms with Crippen molar-refractivity contribution in [2.45, 2.75) is 12.2 Å². The summed E-state index contributed by atoms with van der Waals surface area (Å²) in [5, 5.41) is 3.12. The van der Waals surface area contributed by atoms with Crippen molar-refractivity contribution in [3.05, 3.63) is 78.6 Å². The second-order valence-electron chi connectivity index (χ2n) is 6.44. The fraction of sp³-hybridized carbons (Fsp3) is 0.304. The largest absolute Gasteiger partial charge is 0.494 e. The van der Waals surface area contributed by atoms with Crippen LogP contribution < -0.4 is 14.8 Å². The summed E-state index contributed by atoms with van der Waals surface area (Å²) >= 11 is 1.89. The van der Waals surface area contributed by atoms with Crippen LogP contribution in [0.2, 0.25) is 0 Å². The molecule has 0 aliphatic rings. The molecule has 28 heavy (non-hydrogen) atoms. The summed E-state index contributed by atoms with van der Waals surface area (Å²) in [6.45, 7) is 2.44. The Kier molecular flexibility index (Phi) is 8.34. The molecule has 0 unspecified atom stereocenters. The fourth-order valence-electron chi connectivity index (χ4n) is 2.77. The summed E-state index contributed by atoms with van der Waals surface area (Å²) in [5.41, 5.74) is 2.46. The van der Waals surface area contributed by atoms with Gasteiger partial charge in [0.2, 0.25) is 0 Å². The molecule has 3 aromatic rings. The third kappa shape index (κ3) is 6.66. The number of hydrogen-bond acceptors (Lipinski definition) is 4. The van der Waals surface area contributed by atoms with Gasteiger partial charge in [-0.25, -0.2) is 0 Å². The molecule has 0 spiro atoms. The first-order valence-corrected chi connectivity index (χ1v) is 10.8. The normalized spacial score (nSPS) is 10.8. The SMILES string of the molecule is CNCCCOc1ccc(-n2ccc(CSCCOc3ccccc3)c2)cc1. The van der Waals surface area contributed by atoms with E-state index in [1.54, 1.807) is 0 Å². The second-order valence-corrected chi connectivity index (χ2v) is 7.55. The Bertz CT molecular complexity index is 803. The molecule has 3 rings (SSSR count). The minimum atomic E-state index is 0.727. The Labute approximate surface area is 171 Å². The predicted molar refractivity (Wildman–Crippen MR) is 118 cm³/mol. The summed E-state index contributed by atoms with van der Waals surface area (Å²) in [4.78, 5) is 0. The Morgan fingerprint density at radius 1 is 0.893 bits per heavy atom. The van der Waals surface area contributed by atoms with Crippen molar-refractivity contribution in [3.8, 4) is 17.2 Å². The van der Waals surface area contributed by atoms with Gasteiger partial charge in [0.15, 0.2) is 0 Å². The van der Waals surface area contributed by atoms with E-state index in [-0.39, 0.29) is 0 Å². The van der Waals surface area contributed by atoms with Crippen molar-refractivity contribution in [2.75, 3.05) is 32.6 Å². The number of benzene rings is 2.